The Balaban J connectivity index is 2.31. The third kappa shape index (κ3) is 2.07. The highest BCUT2D eigenvalue weighted by atomic mass is 32.1. The molecular weight excluding hydrogens is 208 g/mol. The summed E-state index contributed by atoms with van der Waals surface area (Å²) in [5, 5.41) is 6.75. The molecule has 2 rings (SSSR count). The van der Waals surface area contributed by atoms with E-state index in [4.69, 9.17) is 18.0 Å². The molecule has 15 heavy (non-hydrogen) atoms. The summed E-state index contributed by atoms with van der Waals surface area (Å²) in [4.78, 5) is 0. The first-order valence-corrected chi connectivity index (χ1v) is 6.03. The van der Waals surface area contributed by atoms with E-state index in [9.17, 15) is 0 Å². The maximum Gasteiger partial charge on any atom is 0.220 e. The van der Waals surface area contributed by atoms with Crippen LogP contribution in [0.15, 0.2) is 0 Å². The average Bonchev–Trinajstić information content (AvgIpc) is 2.42. The molecule has 2 unspecified atom stereocenters. The van der Waals surface area contributed by atoms with Crippen molar-refractivity contribution in [2.75, 3.05) is 5.73 Å². The molecule has 84 valence electrons. The minimum Gasteiger partial charge on any atom is -0.368 e. The van der Waals surface area contributed by atoms with Crippen molar-refractivity contribution < 1.29 is 0 Å². The summed E-state index contributed by atoms with van der Waals surface area (Å²) in [6.45, 7) is 2.28. The number of hydrogen-bond acceptors (Lipinski definition) is 3. The van der Waals surface area contributed by atoms with Gasteiger partial charge in [-0.3, -0.25) is 4.57 Å². The van der Waals surface area contributed by atoms with Gasteiger partial charge >= 0.3 is 0 Å². The van der Waals surface area contributed by atoms with Gasteiger partial charge in [0.25, 0.3) is 0 Å². The van der Waals surface area contributed by atoms with Crippen LogP contribution in [0.5, 0.6) is 0 Å². The maximum atomic E-state index is 5.84. The molecule has 1 heterocycles. The number of H-pyrrole nitrogens is 1. The minimum absolute atomic E-state index is 0.429. The van der Waals surface area contributed by atoms with Crippen molar-refractivity contribution in [3.8, 4) is 0 Å². The van der Waals surface area contributed by atoms with Crippen LogP contribution in [0.1, 0.15) is 45.1 Å². The van der Waals surface area contributed by atoms with E-state index in [0.717, 1.165) is 0 Å². The van der Waals surface area contributed by atoms with Gasteiger partial charge in [0.05, 0.1) is 0 Å². The number of hydrogen-bond donors (Lipinski definition) is 2. The molecule has 0 amide bonds. The van der Waals surface area contributed by atoms with Crippen LogP contribution in [0.4, 0.5) is 5.95 Å². The lowest BCUT2D eigenvalue weighted by molar-refractivity contribution is 0.334. The lowest BCUT2D eigenvalue weighted by atomic mass is 9.97. The topological polar surface area (TPSA) is 59.6 Å². The van der Waals surface area contributed by atoms with Crippen LogP contribution in [0.3, 0.4) is 0 Å². The monoisotopic (exact) mass is 226 g/mol. The van der Waals surface area contributed by atoms with Crippen molar-refractivity contribution in [1.82, 2.24) is 14.8 Å². The van der Waals surface area contributed by atoms with E-state index < -0.39 is 0 Å². The molecule has 0 aliphatic heterocycles. The Morgan fingerprint density at radius 1 is 1.40 bits per heavy atom. The van der Waals surface area contributed by atoms with E-state index in [1.165, 1.54) is 32.1 Å². The Bertz CT molecular complexity index is 381. The molecule has 0 radical (unpaired) electrons. The van der Waals surface area contributed by atoms with E-state index >= 15 is 0 Å². The fourth-order valence-corrected chi connectivity index (χ4v) is 2.77. The predicted octanol–water partition coefficient (Wildman–Crippen LogP) is 2.66. The van der Waals surface area contributed by atoms with Crippen LogP contribution in [-0.2, 0) is 0 Å². The quantitative estimate of drug-likeness (QED) is 0.571. The highest BCUT2D eigenvalue weighted by Crippen LogP contribution is 2.33. The van der Waals surface area contributed by atoms with Crippen molar-refractivity contribution in [1.29, 1.82) is 0 Å². The summed E-state index contributed by atoms with van der Waals surface area (Å²) in [6, 6.07) is 0.429. The SMILES string of the molecule is CC1CCCCCC1n1c(N)n[nH]c1=S. The van der Waals surface area contributed by atoms with Gasteiger partial charge in [0.2, 0.25) is 5.95 Å². The molecule has 1 aromatic rings. The Morgan fingerprint density at radius 3 is 2.80 bits per heavy atom. The molecule has 1 aliphatic carbocycles. The van der Waals surface area contributed by atoms with Crippen LogP contribution in [0.2, 0.25) is 0 Å². The fourth-order valence-electron chi connectivity index (χ4n) is 2.49. The standard InChI is InChI=1S/C10H18N4S/c1-7-5-3-2-4-6-8(7)14-9(11)12-13-10(14)15/h7-8H,2-6H2,1H3,(H2,11,12)(H,13,15). The molecule has 0 aromatic carbocycles. The summed E-state index contributed by atoms with van der Waals surface area (Å²) in [7, 11) is 0. The minimum atomic E-state index is 0.429. The van der Waals surface area contributed by atoms with Crippen molar-refractivity contribution in [2.24, 2.45) is 5.92 Å². The van der Waals surface area contributed by atoms with Gasteiger partial charge in [-0.2, -0.15) is 0 Å². The molecule has 3 N–H and O–H groups in total. The molecule has 1 fully saturated rings. The Hall–Kier alpha value is -0.840. The molecular formula is C10H18N4S. The summed E-state index contributed by atoms with van der Waals surface area (Å²) < 4.78 is 2.65. The van der Waals surface area contributed by atoms with Gasteiger partial charge in [-0.1, -0.05) is 26.2 Å². The van der Waals surface area contributed by atoms with Gasteiger partial charge < -0.3 is 5.73 Å². The van der Waals surface area contributed by atoms with E-state index in [1.54, 1.807) is 0 Å². The third-order valence-electron chi connectivity index (χ3n) is 3.38. The zero-order chi connectivity index (χ0) is 10.8. The van der Waals surface area contributed by atoms with E-state index in [0.29, 0.717) is 22.7 Å². The average molecular weight is 226 g/mol. The molecule has 2 atom stereocenters. The zero-order valence-corrected chi connectivity index (χ0v) is 9.89. The second kappa shape index (κ2) is 4.35. The van der Waals surface area contributed by atoms with Crippen molar-refractivity contribution >= 4 is 18.2 Å². The van der Waals surface area contributed by atoms with Crippen LogP contribution in [-0.4, -0.2) is 14.8 Å². The Morgan fingerprint density at radius 2 is 2.13 bits per heavy atom. The molecule has 0 saturated heterocycles. The first kappa shape index (κ1) is 10.7. The largest absolute Gasteiger partial charge is 0.368 e. The normalized spacial score (nSPS) is 27.5. The second-order valence-corrected chi connectivity index (χ2v) is 4.83. The molecule has 4 nitrogen and oxygen atoms in total. The van der Waals surface area contributed by atoms with Gasteiger partial charge in [0.1, 0.15) is 0 Å². The number of aromatic nitrogens is 3. The summed E-state index contributed by atoms with van der Waals surface area (Å²) in [6.07, 6.45) is 6.34. The second-order valence-electron chi connectivity index (χ2n) is 4.44. The lowest BCUT2D eigenvalue weighted by Gasteiger charge is -2.23. The number of aromatic amines is 1. The Labute approximate surface area is 94.9 Å². The highest BCUT2D eigenvalue weighted by molar-refractivity contribution is 7.71. The van der Waals surface area contributed by atoms with Crippen molar-refractivity contribution in [3.05, 3.63) is 4.77 Å². The molecule has 0 spiro atoms. The third-order valence-corrected chi connectivity index (χ3v) is 3.67. The number of anilines is 1. The summed E-state index contributed by atoms with van der Waals surface area (Å²) in [5.74, 6) is 1.16. The van der Waals surface area contributed by atoms with Gasteiger partial charge in [-0.15, -0.1) is 5.10 Å². The molecule has 0 bridgehead atoms. The fraction of sp³-hybridized carbons (Fsp3) is 0.800. The smallest absolute Gasteiger partial charge is 0.220 e. The first-order valence-electron chi connectivity index (χ1n) is 5.62. The van der Waals surface area contributed by atoms with Crippen LogP contribution in [0, 0.1) is 10.7 Å². The van der Waals surface area contributed by atoms with Gasteiger partial charge in [0.15, 0.2) is 4.77 Å². The van der Waals surface area contributed by atoms with E-state index in [1.807, 2.05) is 4.57 Å². The summed E-state index contributed by atoms with van der Waals surface area (Å²) >= 11 is 5.22. The zero-order valence-electron chi connectivity index (χ0n) is 9.07. The molecule has 1 saturated carbocycles. The van der Waals surface area contributed by atoms with Crippen molar-refractivity contribution in [2.45, 2.75) is 45.1 Å². The molecule has 1 aliphatic rings. The number of nitrogens with zero attached hydrogens (tertiary/aromatic N) is 2. The molecule has 1 aromatic heterocycles. The van der Waals surface area contributed by atoms with Gasteiger partial charge in [-0.05, 0) is 31.0 Å². The van der Waals surface area contributed by atoms with Gasteiger partial charge in [0, 0.05) is 6.04 Å². The van der Waals surface area contributed by atoms with Gasteiger partial charge in [-0.25, -0.2) is 5.10 Å². The van der Waals surface area contributed by atoms with Crippen LogP contribution in [0.25, 0.3) is 0 Å². The van der Waals surface area contributed by atoms with E-state index in [2.05, 4.69) is 17.1 Å². The number of nitrogens with one attached hydrogen (secondary N) is 1. The lowest BCUT2D eigenvalue weighted by Crippen LogP contribution is -2.18. The highest BCUT2D eigenvalue weighted by Gasteiger charge is 2.23. The summed E-state index contributed by atoms with van der Waals surface area (Å²) in [5.41, 5.74) is 5.84. The first-order chi connectivity index (χ1) is 7.20. The Kier molecular flexibility index (Phi) is 3.09. The van der Waals surface area contributed by atoms with Crippen molar-refractivity contribution in [3.63, 3.8) is 0 Å². The number of rotatable bonds is 1. The number of nitrogens with two attached hydrogens (primary N) is 1. The van der Waals surface area contributed by atoms with Crippen LogP contribution >= 0.6 is 12.2 Å². The van der Waals surface area contributed by atoms with E-state index in [-0.39, 0.29) is 0 Å². The maximum absolute atomic E-state index is 5.84. The molecule has 5 heteroatoms. The van der Waals surface area contributed by atoms with Crippen LogP contribution < -0.4 is 5.73 Å². The number of nitrogen functional groups attached to an aromatic ring is 1. The predicted molar refractivity (Wildman–Crippen MR) is 63.1 cm³/mol.